The van der Waals surface area contributed by atoms with Crippen LogP contribution in [-0.4, -0.2) is 17.1 Å². The molecule has 0 unspecified atom stereocenters. The Bertz CT molecular complexity index is 824. The van der Waals surface area contributed by atoms with Gasteiger partial charge >= 0.3 is 6.18 Å². The number of carbonyl (C=O) groups excluding carboxylic acids is 2. The molecule has 1 atom stereocenters. The first-order chi connectivity index (χ1) is 11.8. The van der Waals surface area contributed by atoms with Crippen molar-refractivity contribution in [2.45, 2.75) is 22.7 Å². The van der Waals surface area contributed by atoms with E-state index in [1.165, 1.54) is 23.9 Å². The van der Waals surface area contributed by atoms with Crippen LogP contribution in [0.15, 0.2) is 53.4 Å². The summed E-state index contributed by atoms with van der Waals surface area (Å²) in [7, 11) is 0. The van der Waals surface area contributed by atoms with Gasteiger partial charge in [-0.15, -0.1) is 11.8 Å². The molecule has 8 heteroatoms. The molecule has 4 nitrogen and oxygen atoms in total. The fraction of sp³-hybridized carbons (Fsp3) is 0.176. The smallest absolute Gasteiger partial charge is 0.326 e. The van der Waals surface area contributed by atoms with Gasteiger partial charge in [0.1, 0.15) is 0 Å². The number of amides is 2. The van der Waals surface area contributed by atoms with Gasteiger partial charge in [0.2, 0.25) is 11.8 Å². The summed E-state index contributed by atoms with van der Waals surface area (Å²) in [5, 5.41) is 4.50. The Labute approximate surface area is 145 Å². The van der Waals surface area contributed by atoms with E-state index in [0.717, 1.165) is 17.0 Å². The summed E-state index contributed by atoms with van der Waals surface area (Å²) in [5.41, 5.74) is -0.113. The Morgan fingerprint density at radius 3 is 2.68 bits per heavy atom. The highest BCUT2D eigenvalue weighted by molar-refractivity contribution is 8.01. The Balaban J connectivity index is 1.66. The topological polar surface area (TPSA) is 58.2 Å². The second kappa shape index (κ2) is 6.79. The molecule has 0 fully saturated rings. The molecule has 25 heavy (non-hydrogen) atoms. The number of thioether (sulfide) groups is 1. The van der Waals surface area contributed by atoms with Crippen LogP contribution in [0, 0.1) is 0 Å². The Hall–Kier alpha value is -2.48. The summed E-state index contributed by atoms with van der Waals surface area (Å²) in [4.78, 5) is 25.0. The number of benzene rings is 2. The van der Waals surface area contributed by atoms with E-state index in [-0.39, 0.29) is 18.0 Å². The molecule has 2 amide bonds. The van der Waals surface area contributed by atoms with Gasteiger partial charge in [-0.25, -0.2) is 0 Å². The summed E-state index contributed by atoms with van der Waals surface area (Å²) < 4.78 is 38.1. The van der Waals surface area contributed by atoms with Crippen LogP contribution in [0.2, 0.25) is 0 Å². The molecule has 0 aromatic heterocycles. The van der Waals surface area contributed by atoms with Gasteiger partial charge in [0.05, 0.1) is 16.5 Å². The molecule has 1 aliphatic rings. The summed E-state index contributed by atoms with van der Waals surface area (Å²) >= 11 is 1.26. The lowest BCUT2D eigenvalue weighted by Gasteiger charge is -2.23. The predicted molar refractivity (Wildman–Crippen MR) is 89.4 cm³/mol. The molecular formula is C17H13F3N2O2S. The molecule has 3 rings (SSSR count). The number of halogens is 3. The van der Waals surface area contributed by atoms with Crippen LogP contribution in [0.3, 0.4) is 0 Å². The number of anilines is 2. The number of carbonyl (C=O) groups is 2. The van der Waals surface area contributed by atoms with Crippen LogP contribution in [0.1, 0.15) is 12.0 Å². The predicted octanol–water partition coefficient (Wildman–Crippen LogP) is 4.15. The van der Waals surface area contributed by atoms with Gasteiger partial charge in [0.25, 0.3) is 0 Å². The molecule has 0 aliphatic carbocycles. The SMILES string of the molecule is O=C(C[C@@H]1Sc2ccccc2NC1=O)Nc1cccc(C(F)(F)F)c1. The van der Waals surface area contributed by atoms with Crippen LogP contribution in [0.4, 0.5) is 24.5 Å². The fourth-order valence-corrected chi connectivity index (χ4v) is 3.49. The lowest BCUT2D eigenvalue weighted by Crippen LogP contribution is -2.32. The van der Waals surface area contributed by atoms with E-state index in [1.54, 1.807) is 12.1 Å². The lowest BCUT2D eigenvalue weighted by atomic mass is 10.2. The van der Waals surface area contributed by atoms with Crippen molar-refractivity contribution in [1.29, 1.82) is 0 Å². The summed E-state index contributed by atoms with van der Waals surface area (Å²) in [6.45, 7) is 0. The largest absolute Gasteiger partial charge is 0.416 e. The highest BCUT2D eigenvalue weighted by Crippen LogP contribution is 2.37. The zero-order chi connectivity index (χ0) is 18.0. The normalized spacial score (nSPS) is 16.8. The maximum absolute atomic E-state index is 12.7. The minimum atomic E-state index is -4.48. The number of hydrogen-bond donors (Lipinski definition) is 2. The lowest BCUT2D eigenvalue weighted by molar-refractivity contribution is -0.137. The zero-order valence-electron chi connectivity index (χ0n) is 12.8. The quantitative estimate of drug-likeness (QED) is 0.858. The maximum atomic E-state index is 12.7. The second-order valence-corrected chi connectivity index (χ2v) is 6.67. The fourth-order valence-electron chi connectivity index (χ4n) is 2.38. The van der Waals surface area contributed by atoms with Crippen LogP contribution in [-0.2, 0) is 15.8 Å². The number of hydrogen-bond acceptors (Lipinski definition) is 3. The van der Waals surface area contributed by atoms with Gasteiger partial charge in [0.15, 0.2) is 0 Å². The second-order valence-electron chi connectivity index (χ2n) is 5.42. The third-order valence-electron chi connectivity index (χ3n) is 3.55. The van der Waals surface area contributed by atoms with E-state index in [0.29, 0.717) is 5.69 Å². The number of alkyl halides is 3. The highest BCUT2D eigenvalue weighted by atomic mass is 32.2. The van der Waals surface area contributed by atoms with Gasteiger partial charge in [-0.05, 0) is 30.3 Å². The average molecular weight is 366 g/mol. The highest BCUT2D eigenvalue weighted by Gasteiger charge is 2.31. The minimum Gasteiger partial charge on any atom is -0.326 e. The van der Waals surface area contributed by atoms with Gasteiger partial charge < -0.3 is 10.6 Å². The van der Waals surface area contributed by atoms with Crippen LogP contribution >= 0.6 is 11.8 Å². The Morgan fingerprint density at radius 1 is 1.16 bits per heavy atom. The molecule has 1 aliphatic heterocycles. The van der Waals surface area contributed by atoms with E-state index >= 15 is 0 Å². The number of nitrogens with one attached hydrogen (secondary N) is 2. The standard InChI is InChI=1S/C17H13F3N2O2S/c18-17(19,20)10-4-3-5-11(8-10)21-15(23)9-14-16(24)22-12-6-1-2-7-13(12)25-14/h1-8,14H,9H2,(H,21,23)(H,22,24)/t14-/m0/s1. The van der Waals surface area contributed by atoms with E-state index in [2.05, 4.69) is 10.6 Å². The molecule has 0 saturated carbocycles. The van der Waals surface area contributed by atoms with Crippen LogP contribution in [0.5, 0.6) is 0 Å². The number of fused-ring (bicyclic) bond motifs is 1. The number of rotatable bonds is 3. The van der Waals surface area contributed by atoms with Gasteiger partial charge in [-0.1, -0.05) is 18.2 Å². The third kappa shape index (κ3) is 4.14. The summed E-state index contributed by atoms with van der Waals surface area (Å²) in [6, 6.07) is 11.6. The van der Waals surface area contributed by atoms with Crippen molar-refractivity contribution in [2.75, 3.05) is 10.6 Å². The Morgan fingerprint density at radius 2 is 1.92 bits per heavy atom. The van der Waals surface area contributed by atoms with Crippen LogP contribution in [0.25, 0.3) is 0 Å². The monoisotopic (exact) mass is 366 g/mol. The molecule has 130 valence electrons. The van der Waals surface area contributed by atoms with E-state index in [1.807, 2.05) is 12.1 Å². The molecule has 1 heterocycles. The molecule has 2 N–H and O–H groups in total. The maximum Gasteiger partial charge on any atom is 0.416 e. The van der Waals surface area contributed by atoms with Gasteiger partial charge in [-0.2, -0.15) is 13.2 Å². The molecule has 0 spiro atoms. The minimum absolute atomic E-state index is 0.0430. The first kappa shape index (κ1) is 17.3. The Kier molecular flexibility index (Phi) is 4.71. The molecule has 2 aromatic carbocycles. The van der Waals surface area contributed by atoms with E-state index in [9.17, 15) is 22.8 Å². The first-order valence-corrected chi connectivity index (χ1v) is 8.24. The molecule has 0 saturated heterocycles. The van der Waals surface area contributed by atoms with Gasteiger partial charge in [0, 0.05) is 17.0 Å². The van der Waals surface area contributed by atoms with E-state index < -0.39 is 22.9 Å². The van der Waals surface area contributed by atoms with Crippen molar-refractivity contribution in [3.05, 3.63) is 54.1 Å². The van der Waals surface area contributed by atoms with Crippen molar-refractivity contribution >= 4 is 35.0 Å². The van der Waals surface area contributed by atoms with Crippen molar-refractivity contribution in [3.63, 3.8) is 0 Å². The number of para-hydroxylation sites is 1. The average Bonchev–Trinajstić information content (AvgIpc) is 2.55. The van der Waals surface area contributed by atoms with Crippen LogP contribution < -0.4 is 10.6 Å². The summed E-state index contributed by atoms with van der Waals surface area (Å²) in [6.07, 6.45) is -4.62. The summed E-state index contributed by atoms with van der Waals surface area (Å²) in [5.74, 6) is -0.825. The molecule has 0 bridgehead atoms. The molecule has 0 radical (unpaired) electrons. The zero-order valence-corrected chi connectivity index (χ0v) is 13.6. The molecule has 2 aromatic rings. The first-order valence-electron chi connectivity index (χ1n) is 7.36. The van der Waals surface area contributed by atoms with E-state index in [4.69, 9.17) is 0 Å². The van der Waals surface area contributed by atoms with Crippen molar-refractivity contribution in [1.82, 2.24) is 0 Å². The molecular weight excluding hydrogens is 353 g/mol. The third-order valence-corrected chi connectivity index (χ3v) is 4.83. The van der Waals surface area contributed by atoms with Crippen molar-refractivity contribution in [2.24, 2.45) is 0 Å². The van der Waals surface area contributed by atoms with Crippen molar-refractivity contribution in [3.8, 4) is 0 Å². The van der Waals surface area contributed by atoms with Crippen molar-refractivity contribution < 1.29 is 22.8 Å². The van der Waals surface area contributed by atoms with Gasteiger partial charge in [-0.3, -0.25) is 9.59 Å².